The van der Waals surface area contributed by atoms with Crippen molar-refractivity contribution >= 4 is 29.5 Å². The summed E-state index contributed by atoms with van der Waals surface area (Å²) in [6.45, 7) is 1.05. The van der Waals surface area contributed by atoms with Crippen molar-refractivity contribution in [2.45, 2.75) is 6.92 Å². The fourth-order valence-corrected chi connectivity index (χ4v) is 1.88. The van der Waals surface area contributed by atoms with Gasteiger partial charge in [-0.25, -0.2) is 9.18 Å². The molecular weight excluding hydrogens is 321 g/mol. The zero-order chi connectivity index (χ0) is 16.4. The fraction of sp³-hybridized carbons (Fsp3) is 0.0769. The Morgan fingerprint density at radius 3 is 2.68 bits per heavy atom. The van der Waals surface area contributed by atoms with Crippen LogP contribution < -0.4 is 10.1 Å². The van der Waals surface area contributed by atoms with Crippen LogP contribution in [-0.2, 0) is 4.79 Å². The van der Waals surface area contributed by atoms with Gasteiger partial charge in [-0.3, -0.25) is 10.1 Å². The second kappa shape index (κ2) is 5.94. The minimum absolute atomic E-state index is 0.0361. The lowest BCUT2D eigenvalue weighted by Crippen LogP contribution is -2.09. The van der Waals surface area contributed by atoms with E-state index in [-0.39, 0.29) is 16.3 Å². The first kappa shape index (κ1) is 15.6. The van der Waals surface area contributed by atoms with Crippen LogP contribution in [0, 0.1) is 5.82 Å². The number of nitrogens with one attached hydrogen (secondary N) is 1. The van der Waals surface area contributed by atoms with Gasteiger partial charge in [-0.2, -0.15) is 0 Å². The van der Waals surface area contributed by atoms with Crippen LogP contribution in [0.5, 0.6) is 11.5 Å². The number of anilines is 1. The van der Waals surface area contributed by atoms with Gasteiger partial charge in [0.05, 0.1) is 5.02 Å². The number of carbonyl (C=O) groups excluding carboxylic acids is 1. The van der Waals surface area contributed by atoms with Crippen LogP contribution in [0.25, 0.3) is 11.3 Å². The average molecular weight is 330 g/mol. The van der Waals surface area contributed by atoms with E-state index < -0.39 is 35.3 Å². The molecule has 0 aliphatic heterocycles. The summed E-state index contributed by atoms with van der Waals surface area (Å²) < 4.78 is 23.1. The number of hydrogen-bond donors (Lipinski definition) is 3. The van der Waals surface area contributed by atoms with Crippen molar-refractivity contribution in [1.29, 1.82) is 0 Å². The van der Waals surface area contributed by atoms with E-state index in [1.807, 2.05) is 5.32 Å². The SMILES string of the molecule is CC(=O)Oc1c(NC(=O)O)oc(-c2cc(F)ccc2Cl)c1O. The molecular formula is C13H9ClFNO6. The van der Waals surface area contributed by atoms with Gasteiger partial charge < -0.3 is 19.4 Å². The summed E-state index contributed by atoms with van der Waals surface area (Å²) in [5.41, 5.74) is -0.0361. The van der Waals surface area contributed by atoms with E-state index >= 15 is 0 Å². The smallest absolute Gasteiger partial charge is 0.411 e. The highest BCUT2D eigenvalue weighted by Gasteiger charge is 2.26. The molecule has 1 aromatic carbocycles. The topological polar surface area (TPSA) is 109 Å². The molecule has 2 rings (SSSR count). The number of hydrogen-bond acceptors (Lipinski definition) is 5. The van der Waals surface area contributed by atoms with Crippen molar-refractivity contribution < 1.29 is 33.3 Å². The number of furan rings is 1. The Morgan fingerprint density at radius 1 is 1.41 bits per heavy atom. The third-order valence-electron chi connectivity index (χ3n) is 2.48. The molecule has 2 aromatic rings. The molecule has 0 radical (unpaired) electrons. The summed E-state index contributed by atoms with van der Waals surface area (Å²) in [6.07, 6.45) is -1.51. The molecule has 1 amide bonds. The lowest BCUT2D eigenvalue weighted by atomic mass is 10.1. The Bertz CT molecular complexity index is 757. The average Bonchev–Trinajstić information content (AvgIpc) is 2.69. The molecule has 9 heteroatoms. The van der Waals surface area contributed by atoms with Crippen LogP contribution >= 0.6 is 11.6 Å². The van der Waals surface area contributed by atoms with Gasteiger partial charge in [0, 0.05) is 12.5 Å². The summed E-state index contributed by atoms with van der Waals surface area (Å²) in [5, 5.41) is 20.6. The highest BCUT2D eigenvalue weighted by atomic mass is 35.5. The van der Waals surface area contributed by atoms with E-state index in [2.05, 4.69) is 0 Å². The van der Waals surface area contributed by atoms with E-state index in [1.165, 1.54) is 6.07 Å². The Hall–Kier alpha value is -2.74. The fourth-order valence-electron chi connectivity index (χ4n) is 1.68. The van der Waals surface area contributed by atoms with Gasteiger partial charge >= 0.3 is 12.1 Å². The highest BCUT2D eigenvalue weighted by molar-refractivity contribution is 6.33. The maximum Gasteiger partial charge on any atom is 0.411 e. The summed E-state index contributed by atoms with van der Waals surface area (Å²) in [7, 11) is 0. The minimum Gasteiger partial charge on any atom is -0.502 e. The molecule has 7 nitrogen and oxygen atoms in total. The van der Waals surface area contributed by atoms with E-state index in [9.17, 15) is 19.1 Å². The Morgan fingerprint density at radius 2 is 2.09 bits per heavy atom. The first-order valence-corrected chi connectivity index (χ1v) is 6.17. The van der Waals surface area contributed by atoms with Gasteiger partial charge in [0.1, 0.15) is 5.82 Å². The van der Waals surface area contributed by atoms with E-state index in [0.717, 1.165) is 19.1 Å². The van der Waals surface area contributed by atoms with Crippen molar-refractivity contribution in [3.05, 3.63) is 29.0 Å². The van der Waals surface area contributed by atoms with Gasteiger partial charge in [-0.1, -0.05) is 11.6 Å². The molecule has 1 aromatic heterocycles. The molecule has 1 heterocycles. The molecule has 0 saturated heterocycles. The number of carboxylic acid groups (broad SMARTS) is 1. The minimum atomic E-state index is -1.51. The van der Waals surface area contributed by atoms with Crippen molar-refractivity contribution in [3.63, 3.8) is 0 Å². The molecule has 0 bridgehead atoms. The quantitative estimate of drug-likeness (QED) is 0.744. The van der Waals surface area contributed by atoms with Crippen LogP contribution in [0.15, 0.2) is 22.6 Å². The van der Waals surface area contributed by atoms with Crippen molar-refractivity contribution in [3.8, 4) is 22.8 Å². The van der Waals surface area contributed by atoms with Crippen LogP contribution in [0.4, 0.5) is 15.1 Å². The summed E-state index contributed by atoms with van der Waals surface area (Å²) in [5.74, 6) is -3.57. The van der Waals surface area contributed by atoms with Gasteiger partial charge in [0.25, 0.3) is 5.88 Å². The number of benzene rings is 1. The Kier molecular flexibility index (Phi) is 4.22. The maximum atomic E-state index is 13.3. The number of carbonyl (C=O) groups is 2. The van der Waals surface area contributed by atoms with E-state index in [1.54, 1.807) is 0 Å². The zero-order valence-electron chi connectivity index (χ0n) is 11.0. The molecule has 0 aliphatic rings. The number of amides is 1. The molecule has 0 saturated carbocycles. The number of esters is 1. The summed E-state index contributed by atoms with van der Waals surface area (Å²) >= 11 is 5.89. The third-order valence-corrected chi connectivity index (χ3v) is 2.81. The first-order valence-electron chi connectivity index (χ1n) is 5.79. The Labute approximate surface area is 127 Å². The van der Waals surface area contributed by atoms with Crippen LogP contribution in [0.2, 0.25) is 5.02 Å². The normalized spacial score (nSPS) is 10.3. The van der Waals surface area contributed by atoms with Crippen molar-refractivity contribution in [2.75, 3.05) is 5.32 Å². The van der Waals surface area contributed by atoms with Gasteiger partial charge in [0.2, 0.25) is 11.5 Å². The van der Waals surface area contributed by atoms with Gasteiger partial charge in [-0.05, 0) is 18.2 Å². The third kappa shape index (κ3) is 3.12. The Balaban J connectivity index is 2.61. The van der Waals surface area contributed by atoms with Gasteiger partial charge in [-0.15, -0.1) is 0 Å². The molecule has 0 aliphatic carbocycles. The predicted octanol–water partition coefficient (Wildman–Crippen LogP) is 3.46. The van der Waals surface area contributed by atoms with Crippen LogP contribution in [-0.4, -0.2) is 22.3 Å². The molecule has 0 spiro atoms. The van der Waals surface area contributed by atoms with E-state index in [0.29, 0.717) is 0 Å². The highest BCUT2D eigenvalue weighted by Crippen LogP contribution is 2.47. The second-order valence-electron chi connectivity index (χ2n) is 4.09. The molecule has 0 unspecified atom stereocenters. The predicted molar refractivity (Wildman–Crippen MR) is 73.7 cm³/mol. The molecule has 116 valence electrons. The number of aromatic hydroxyl groups is 1. The number of halogens is 2. The van der Waals surface area contributed by atoms with Crippen molar-refractivity contribution in [1.82, 2.24) is 0 Å². The van der Waals surface area contributed by atoms with Crippen LogP contribution in [0.3, 0.4) is 0 Å². The summed E-state index contributed by atoms with van der Waals surface area (Å²) in [6, 6.07) is 3.29. The first-order chi connectivity index (χ1) is 10.3. The largest absolute Gasteiger partial charge is 0.502 e. The van der Waals surface area contributed by atoms with Crippen molar-refractivity contribution in [2.24, 2.45) is 0 Å². The molecule has 0 fully saturated rings. The maximum absolute atomic E-state index is 13.3. The monoisotopic (exact) mass is 329 g/mol. The van der Waals surface area contributed by atoms with E-state index in [4.69, 9.17) is 25.9 Å². The molecule has 0 atom stereocenters. The molecule has 22 heavy (non-hydrogen) atoms. The molecule has 3 N–H and O–H groups in total. The van der Waals surface area contributed by atoms with Crippen LogP contribution in [0.1, 0.15) is 6.92 Å². The zero-order valence-corrected chi connectivity index (χ0v) is 11.8. The second-order valence-corrected chi connectivity index (χ2v) is 4.49. The summed E-state index contributed by atoms with van der Waals surface area (Å²) in [4.78, 5) is 21.7. The number of ether oxygens (including phenoxy) is 1. The van der Waals surface area contributed by atoms with Gasteiger partial charge in [0.15, 0.2) is 5.76 Å². The standard InChI is InChI=1S/C13H9ClFNO6/c1-5(17)21-11-9(18)10(22-12(11)16-13(19)20)7-4-6(15)2-3-8(7)14/h2-4,16,18H,1H3,(H,19,20). The number of rotatable bonds is 3. The lowest BCUT2D eigenvalue weighted by Gasteiger charge is -2.02. The lowest BCUT2D eigenvalue weighted by molar-refractivity contribution is -0.132.